The van der Waals surface area contributed by atoms with Gasteiger partial charge in [-0.25, -0.2) is 0 Å². The van der Waals surface area contributed by atoms with Crippen LogP contribution in [0.15, 0.2) is 52.4 Å². The first-order valence-corrected chi connectivity index (χ1v) is 7.33. The standard InChI is InChI=1S/C18H15N3O3/c1-11-6-7-21-16(8-11)20-17(23)15(18(21)24)10-19-14-5-3-4-13(9-14)12(2)22/h3-10,23H,1-2H3. The minimum atomic E-state index is -0.413. The van der Waals surface area contributed by atoms with Gasteiger partial charge < -0.3 is 5.11 Å². The lowest BCUT2D eigenvalue weighted by molar-refractivity contribution is 0.101. The van der Waals surface area contributed by atoms with Crippen molar-refractivity contribution in [2.45, 2.75) is 13.8 Å². The number of carbonyl (C=O) groups is 1. The molecular weight excluding hydrogens is 306 g/mol. The summed E-state index contributed by atoms with van der Waals surface area (Å²) in [7, 11) is 0. The van der Waals surface area contributed by atoms with Crippen LogP contribution in [-0.2, 0) is 0 Å². The van der Waals surface area contributed by atoms with Crippen LogP contribution in [0.5, 0.6) is 5.88 Å². The Morgan fingerprint density at radius 3 is 2.83 bits per heavy atom. The number of benzene rings is 1. The fourth-order valence-corrected chi connectivity index (χ4v) is 2.30. The lowest BCUT2D eigenvalue weighted by Crippen LogP contribution is -2.19. The van der Waals surface area contributed by atoms with Gasteiger partial charge in [-0.1, -0.05) is 12.1 Å². The number of hydrogen-bond donors (Lipinski definition) is 1. The monoisotopic (exact) mass is 321 g/mol. The number of aliphatic imine (C=N–C) groups is 1. The molecule has 0 saturated carbocycles. The average molecular weight is 321 g/mol. The largest absolute Gasteiger partial charge is 0.493 e. The van der Waals surface area contributed by atoms with Gasteiger partial charge in [-0.05, 0) is 43.7 Å². The lowest BCUT2D eigenvalue weighted by Gasteiger charge is -2.04. The van der Waals surface area contributed by atoms with Crippen LogP contribution in [0, 0.1) is 6.92 Å². The Morgan fingerprint density at radius 2 is 2.08 bits per heavy atom. The van der Waals surface area contributed by atoms with Crippen molar-refractivity contribution in [2.24, 2.45) is 4.99 Å². The number of aromatic nitrogens is 2. The molecule has 0 amide bonds. The van der Waals surface area contributed by atoms with E-state index in [4.69, 9.17) is 0 Å². The van der Waals surface area contributed by atoms with Crippen LogP contribution < -0.4 is 5.56 Å². The number of pyridine rings is 1. The van der Waals surface area contributed by atoms with E-state index in [1.54, 1.807) is 42.6 Å². The highest BCUT2D eigenvalue weighted by Crippen LogP contribution is 2.16. The maximum absolute atomic E-state index is 12.5. The van der Waals surface area contributed by atoms with Crippen molar-refractivity contribution in [1.82, 2.24) is 9.38 Å². The molecule has 0 spiro atoms. The number of Topliss-reactive ketones (excluding diaryl/α,β-unsaturated/α-hetero) is 1. The van der Waals surface area contributed by atoms with Gasteiger partial charge in [-0.3, -0.25) is 19.0 Å². The number of ketones is 1. The van der Waals surface area contributed by atoms with Gasteiger partial charge in [0.1, 0.15) is 11.2 Å². The molecule has 2 aromatic heterocycles. The quantitative estimate of drug-likeness (QED) is 0.594. The first kappa shape index (κ1) is 15.6. The summed E-state index contributed by atoms with van der Waals surface area (Å²) in [5, 5.41) is 10.0. The van der Waals surface area contributed by atoms with E-state index in [0.717, 1.165) is 5.56 Å². The highest BCUT2D eigenvalue weighted by atomic mass is 16.3. The molecule has 3 rings (SSSR count). The molecule has 0 aliphatic heterocycles. The van der Waals surface area contributed by atoms with Gasteiger partial charge in [-0.15, -0.1) is 0 Å². The minimum absolute atomic E-state index is 0.00965. The summed E-state index contributed by atoms with van der Waals surface area (Å²) in [5.74, 6) is -0.449. The number of rotatable bonds is 3. The molecule has 1 N–H and O–H groups in total. The van der Waals surface area contributed by atoms with Gasteiger partial charge >= 0.3 is 0 Å². The van der Waals surface area contributed by atoms with Crippen LogP contribution in [0.2, 0.25) is 0 Å². The molecule has 0 aliphatic carbocycles. The molecule has 0 unspecified atom stereocenters. The SMILES string of the molecule is CC(=O)c1cccc(N=Cc2c(O)nc3cc(C)ccn3c2=O)c1. The van der Waals surface area contributed by atoms with E-state index < -0.39 is 5.56 Å². The normalized spacial score (nSPS) is 11.2. The van der Waals surface area contributed by atoms with E-state index >= 15 is 0 Å². The summed E-state index contributed by atoms with van der Waals surface area (Å²) in [4.78, 5) is 32.1. The van der Waals surface area contributed by atoms with Crippen LogP contribution in [0.25, 0.3) is 5.65 Å². The number of fused-ring (bicyclic) bond motifs is 1. The van der Waals surface area contributed by atoms with Gasteiger partial charge in [0.05, 0.1) is 5.69 Å². The van der Waals surface area contributed by atoms with Crippen molar-refractivity contribution in [1.29, 1.82) is 0 Å². The molecule has 120 valence electrons. The van der Waals surface area contributed by atoms with E-state index in [9.17, 15) is 14.7 Å². The van der Waals surface area contributed by atoms with Gasteiger partial charge in [-0.2, -0.15) is 4.98 Å². The molecule has 0 saturated heterocycles. The second-order valence-corrected chi connectivity index (χ2v) is 5.45. The number of nitrogens with zero attached hydrogens (tertiary/aromatic N) is 3. The first-order chi connectivity index (χ1) is 11.5. The third kappa shape index (κ3) is 2.94. The Kier molecular flexibility index (Phi) is 3.95. The zero-order valence-corrected chi connectivity index (χ0v) is 13.2. The third-order valence-electron chi connectivity index (χ3n) is 3.60. The molecule has 0 aliphatic rings. The predicted octanol–water partition coefficient (Wildman–Crippen LogP) is 2.66. The van der Waals surface area contributed by atoms with Gasteiger partial charge in [0.15, 0.2) is 5.78 Å². The van der Waals surface area contributed by atoms with Crippen LogP contribution in [0.3, 0.4) is 0 Å². The Labute approximate surface area is 137 Å². The topological polar surface area (TPSA) is 84.0 Å². The van der Waals surface area contributed by atoms with Crippen molar-refractivity contribution in [3.05, 3.63) is 69.6 Å². The molecule has 2 heterocycles. The molecule has 0 radical (unpaired) electrons. The summed E-state index contributed by atoms with van der Waals surface area (Å²) in [6, 6.07) is 10.2. The number of aryl methyl sites for hydroxylation is 1. The molecule has 0 fully saturated rings. The highest BCUT2D eigenvalue weighted by Gasteiger charge is 2.10. The Balaban J connectivity index is 2.07. The summed E-state index contributed by atoms with van der Waals surface area (Å²) >= 11 is 0. The van der Waals surface area contributed by atoms with Crippen molar-refractivity contribution >= 4 is 23.3 Å². The van der Waals surface area contributed by atoms with Crippen LogP contribution in [0.4, 0.5) is 5.69 Å². The molecule has 3 aromatic rings. The molecule has 0 bridgehead atoms. The summed E-state index contributed by atoms with van der Waals surface area (Å²) in [6.07, 6.45) is 2.86. The third-order valence-corrected chi connectivity index (χ3v) is 3.60. The maximum atomic E-state index is 12.5. The van der Waals surface area contributed by atoms with Crippen LogP contribution in [-0.4, -0.2) is 26.5 Å². The fraction of sp³-hybridized carbons (Fsp3) is 0.111. The smallest absolute Gasteiger partial charge is 0.270 e. The van der Waals surface area contributed by atoms with Gasteiger partial charge in [0, 0.05) is 18.0 Å². The summed E-state index contributed by atoms with van der Waals surface area (Å²) in [6.45, 7) is 3.34. The van der Waals surface area contributed by atoms with Crippen molar-refractivity contribution in [2.75, 3.05) is 0 Å². The second-order valence-electron chi connectivity index (χ2n) is 5.45. The molecular formula is C18H15N3O3. The van der Waals surface area contributed by atoms with E-state index in [-0.39, 0.29) is 17.2 Å². The first-order valence-electron chi connectivity index (χ1n) is 7.33. The zero-order valence-electron chi connectivity index (χ0n) is 13.2. The van der Waals surface area contributed by atoms with E-state index in [1.807, 2.05) is 6.92 Å². The van der Waals surface area contributed by atoms with Crippen molar-refractivity contribution in [3.63, 3.8) is 0 Å². The number of hydrogen-bond acceptors (Lipinski definition) is 5. The molecule has 1 aromatic carbocycles. The second kappa shape index (κ2) is 6.08. The zero-order chi connectivity index (χ0) is 17.3. The van der Waals surface area contributed by atoms with Crippen LogP contribution in [0.1, 0.15) is 28.4 Å². The molecule has 24 heavy (non-hydrogen) atoms. The van der Waals surface area contributed by atoms with Gasteiger partial charge in [0.25, 0.3) is 5.56 Å². The van der Waals surface area contributed by atoms with E-state index in [1.165, 1.54) is 17.5 Å². The number of carbonyl (C=O) groups excluding carboxylic acids is 1. The minimum Gasteiger partial charge on any atom is -0.493 e. The maximum Gasteiger partial charge on any atom is 0.270 e. The summed E-state index contributed by atoms with van der Waals surface area (Å²) < 4.78 is 1.35. The summed E-state index contributed by atoms with van der Waals surface area (Å²) in [5.41, 5.74) is 1.92. The fourth-order valence-electron chi connectivity index (χ4n) is 2.30. The Hall–Kier alpha value is -3.28. The lowest BCUT2D eigenvalue weighted by atomic mass is 10.1. The van der Waals surface area contributed by atoms with Crippen LogP contribution >= 0.6 is 0 Å². The van der Waals surface area contributed by atoms with E-state index in [0.29, 0.717) is 16.9 Å². The van der Waals surface area contributed by atoms with Crippen molar-refractivity contribution < 1.29 is 9.90 Å². The highest BCUT2D eigenvalue weighted by molar-refractivity contribution is 5.95. The Morgan fingerprint density at radius 1 is 1.29 bits per heavy atom. The average Bonchev–Trinajstić information content (AvgIpc) is 2.54. The molecule has 6 heteroatoms. The predicted molar refractivity (Wildman–Crippen MR) is 91.6 cm³/mol. The Bertz CT molecular complexity index is 1040. The van der Waals surface area contributed by atoms with Crippen molar-refractivity contribution in [3.8, 4) is 5.88 Å². The number of aromatic hydroxyl groups is 1. The van der Waals surface area contributed by atoms with E-state index in [2.05, 4.69) is 9.98 Å². The molecule has 6 nitrogen and oxygen atoms in total. The molecule has 0 atom stereocenters. The van der Waals surface area contributed by atoms with Gasteiger partial charge in [0.2, 0.25) is 5.88 Å².